The molecule has 2 heteroatoms. The summed E-state index contributed by atoms with van der Waals surface area (Å²) < 4.78 is 0. The van der Waals surface area contributed by atoms with Crippen LogP contribution >= 0.6 is 0 Å². The largest absolute Gasteiger partial charge is 0.327 e. The molecular formula is C14H30N2. The maximum atomic E-state index is 6.26. The van der Waals surface area contributed by atoms with Crippen molar-refractivity contribution in [1.82, 2.24) is 4.90 Å². The third kappa shape index (κ3) is 4.06. The first-order valence-corrected chi connectivity index (χ1v) is 7.00. The second kappa shape index (κ2) is 6.61. The number of hydrogen-bond acceptors (Lipinski definition) is 2. The summed E-state index contributed by atoms with van der Waals surface area (Å²) >= 11 is 0. The first-order chi connectivity index (χ1) is 7.54. The fourth-order valence-corrected chi connectivity index (χ4v) is 2.85. The summed E-state index contributed by atoms with van der Waals surface area (Å²) in [5.74, 6) is 1.66. The fraction of sp³-hybridized carbons (Fsp3) is 1.00. The van der Waals surface area contributed by atoms with E-state index in [2.05, 4.69) is 32.7 Å². The molecule has 1 aliphatic carbocycles. The molecule has 0 aromatic carbocycles. The Morgan fingerprint density at radius 1 is 1.31 bits per heavy atom. The normalized spacial score (nSPS) is 31.3. The first kappa shape index (κ1) is 14.0. The molecule has 16 heavy (non-hydrogen) atoms. The molecule has 0 spiro atoms. The molecule has 0 aliphatic heterocycles. The van der Waals surface area contributed by atoms with E-state index in [-0.39, 0.29) is 0 Å². The van der Waals surface area contributed by atoms with Crippen molar-refractivity contribution in [2.24, 2.45) is 17.6 Å². The van der Waals surface area contributed by atoms with Crippen molar-refractivity contribution in [2.75, 3.05) is 13.6 Å². The highest BCUT2D eigenvalue weighted by Crippen LogP contribution is 2.31. The highest BCUT2D eigenvalue weighted by molar-refractivity contribution is 4.84. The van der Waals surface area contributed by atoms with Crippen LogP contribution in [0.5, 0.6) is 0 Å². The molecule has 0 amide bonds. The molecule has 0 aromatic heterocycles. The van der Waals surface area contributed by atoms with E-state index in [0.29, 0.717) is 12.1 Å². The molecule has 1 aliphatic rings. The van der Waals surface area contributed by atoms with E-state index in [9.17, 15) is 0 Å². The van der Waals surface area contributed by atoms with Gasteiger partial charge in [0.2, 0.25) is 0 Å². The molecule has 2 N–H and O–H groups in total. The van der Waals surface area contributed by atoms with Gasteiger partial charge in [-0.1, -0.05) is 19.8 Å². The predicted molar refractivity (Wildman–Crippen MR) is 71.5 cm³/mol. The minimum absolute atomic E-state index is 0.439. The maximum Gasteiger partial charge on any atom is 0.00795 e. The zero-order valence-corrected chi connectivity index (χ0v) is 11.6. The Hall–Kier alpha value is -0.0800. The molecule has 2 nitrogen and oxygen atoms in total. The Bertz CT molecular complexity index is 191. The molecule has 3 unspecified atom stereocenters. The Morgan fingerprint density at radius 2 is 2.00 bits per heavy atom. The molecular weight excluding hydrogens is 196 g/mol. The van der Waals surface area contributed by atoms with Gasteiger partial charge in [0.15, 0.2) is 0 Å². The lowest BCUT2D eigenvalue weighted by Gasteiger charge is -2.37. The smallest absolute Gasteiger partial charge is 0.00795 e. The van der Waals surface area contributed by atoms with Gasteiger partial charge in [0, 0.05) is 18.6 Å². The fourth-order valence-electron chi connectivity index (χ4n) is 2.85. The van der Waals surface area contributed by atoms with Gasteiger partial charge in [-0.25, -0.2) is 0 Å². The molecule has 1 rings (SSSR count). The summed E-state index contributed by atoms with van der Waals surface area (Å²) in [5, 5.41) is 0. The molecule has 0 bridgehead atoms. The molecule has 0 radical (unpaired) electrons. The van der Waals surface area contributed by atoms with Crippen LogP contribution in [0.25, 0.3) is 0 Å². The van der Waals surface area contributed by atoms with Crippen LogP contribution < -0.4 is 5.73 Å². The average Bonchev–Trinajstić information content (AvgIpc) is 2.23. The Labute approximate surface area is 102 Å². The van der Waals surface area contributed by atoms with E-state index in [0.717, 1.165) is 11.8 Å². The van der Waals surface area contributed by atoms with Crippen molar-refractivity contribution >= 4 is 0 Å². The van der Waals surface area contributed by atoms with Crippen molar-refractivity contribution in [1.29, 1.82) is 0 Å². The SMILES string of the molecule is CCCC1CCC(N)C(CN(C)C(C)C)C1. The molecule has 0 aromatic rings. The Balaban J connectivity index is 2.43. The summed E-state index contributed by atoms with van der Waals surface area (Å²) in [4.78, 5) is 2.44. The van der Waals surface area contributed by atoms with Crippen molar-refractivity contribution in [3.05, 3.63) is 0 Å². The number of rotatable bonds is 5. The summed E-state index contributed by atoms with van der Waals surface area (Å²) in [6.45, 7) is 8.00. The van der Waals surface area contributed by atoms with Crippen LogP contribution in [0.3, 0.4) is 0 Å². The van der Waals surface area contributed by atoms with Gasteiger partial charge < -0.3 is 10.6 Å². The molecule has 0 heterocycles. The van der Waals surface area contributed by atoms with E-state index in [1.165, 1.54) is 38.6 Å². The average molecular weight is 226 g/mol. The summed E-state index contributed by atoms with van der Waals surface area (Å²) in [5.41, 5.74) is 6.26. The lowest BCUT2D eigenvalue weighted by atomic mass is 9.76. The molecule has 0 saturated heterocycles. The van der Waals surface area contributed by atoms with E-state index in [1.54, 1.807) is 0 Å². The number of hydrogen-bond donors (Lipinski definition) is 1. The van der Waals surface area contributed by atoms with E-state index >= 15 is 0 Å². The second-order valence-corrected chi connectivity index (χ2v) is 5.93. The highest BCUT2D eigenvalue weighted by atomic mass is 15.1. The molecule has 1 saturated carbocycles. The topological polar surface area (TPSA) is 29.3 Å². The summed E-state index contributed by atoms with van der Waals surface area (Å²) in [6.07, 6.45) is 6.67. The molecule has 1 fully saturated rings. The van der Waals surface area contributed by atoms with E-state index in [4.69, 9.17) is 5.73 Å². The van der Waals surface area contributed by atoms with Gasteiger partial charge >= 0.3 is 0 Å². The third-order valence-electron chi connectivity index (χ3n) is 4.25. The quantitative estimate of drug-likeness (QED) is 0.781. The number of nitrogens with two attached hydrogens (primary N) is 1. The lowest BCUT2D eigenvalue weighted by molar-refractivity contribution is 0.151. The lowest BCUT2D eigenvalue weighted by Crippen LogP contribution is -2.43. The summed E-state index contributed by atoms with van der Waals surface area (Å²) in [7, 11) is 2.22. The monoisotopic (exact) mass is 226 g/mol. The third-order valence-corrected chi connectivity index (χ3v) is 4.25. The van der Waals surface area contributed by atoms with Crippen molar-refractivity contribution in [3.8, 4) is 0 Å². The Kier molecular flexibility index (Phi) is 5.77. The zero-order valence-electron chi connectivity index (χ0n) is 11.6. The van der Waals surface area contributed by atoms with Crippen LogP contribution in [-0.4, -0.2) is 30.6 Å². The van der Waals surface area contributed by atoms with Gasteiger partial charge in [-0.2, -0.15) is 0 Å². The first-order valence-electron chi connectivity index (χ1n) is 7.00. The van der Waals surface area contributed by atoms with Gasteiger partial charge in [-0.3, -0.25) is 0 Å². The van der Waals surface area contributed by atoms with E-state index < -0.39 is 0 Å². The van der Waals surface area contributed by atoms with Crippen LogP contribution in [0.4, 0.5) is 0 Å². The van der Waals surface area contributed by atoms with Crippen LogP contribution in [0.15, 0.2) is 0 Å². The minimum Gasteiger partial charge on any atom is -0.327 e. The van der Waals surface area contributed by atoms with Crippen LogP contribution in [0.2, 0.25) is 0 Å². The maximum absolute atomic E-state index is 6.26. The van der Waals surface area contributed by atoms with E-state index in [1.807, 2.05) is 0 Å². The highest BCUT2D eigenvalue weighted by Gasteiger charge is 2.28. The van der Waals surface area contributed by atoms with Crippen molar-refractivity contribution < 1.29 is 0 Å². The molecule has 96 valence electrons. The standard InChI is InChI=1S/C14H30N2/c1-5-6-12-7-8-14(15)13(9-12)10-16(4)11(2)3/h11-14H,5-10,15H2,1-4H3. The van der Waals surface area contributed by atoms with Gasteiger partial charge in [-0.05, 0) is 52.0 Å². The second-order valence-electron chi connectivity index (χ2n) is 5.93. The van der Waals surface area contributed by atoms with Crippen LogP contribution in [0.1, 0.15) is 52.9 Å². The van der Waals surface area contributed by atoms with Crippen LogP contribution in [-0.2, 0) is 0 Å². The van der Waals surface area contributed by atoms with Crippen LogP contribution in [0, 0.1) is 11.8 Å². The number of nitrogens with zero attached hydrogens (tertiary/aromatic N) is 1. The zero-order chi connectivity index (χ0) is 12.1. The van der Waals surface area contributed by atoms with Crippen molar-refractivity contribution in [3.63, 3.8) is 0 Å². The minimum atomic E-state index is 0.439. The summed E-state index contributed by atoms with van der Waals surface area (Å²) in [6, 6.07) is 1.08. The Morgan fingerprint density at radius 3 is 2.56 bits per heavy atom. The molecule has 3 atom stereocenters. The predicted octanol–water partition coefficient (Wildman–Crippen LogP) is 2.87. The van der Waals surface area contributed by atoms with Gasteiger partial charge in [0.25, 0.3) is 0 Å². The van der Waals surface area contributed by atoms with Crippen molar-refractivity contribution in [2.45, 2.75) is 65.0 Å². The van der Waals surface area contributed by atoms with Gasteiger partial charge in [0.1, 0.15) is 0 Å². The van der Waals surface area contributed by atoms with Gasteiger partial charge in [0.05, 0.1) is 0 Å². The van der Waals surface area contributed by atoms with Gasteiger partial charge in [-0.15, -0.1) is 0 Å².